The maximum Gasteiger partial charge on any atom is 0.246 e. The van der Waals surface area contributed by atoms with E-state index in [-0.39, 0.29) is 5.91 Å². The Bertz CT molecular complexity index is 781. The van der Waals surface area contributed by atoms with E-state index >= 15 is 0 Å². The minimum Gasteiger partial charge on any atom is -0.493 e. The molecule has 0 saturated carbocycles. The first kappa shape index (κ1) is 20.3. The van der Waals surface area contributed by atoms with Crippen LogP contribution >= 0.6 is 0 Å². The lowest BCUT2D eigenvalue weighted by Crippen LogP contribution is -2.30. The predicted molar refractivity (Wildman–Crippen MR) is 111 cm³/mol. The average Bonchev–Trinajstić information content (AvgIpc) is 2.71. The molecule has 2 aromatic rings. The van der Waals surface area contributed by atoms with Gasteiger partial charge in [0.1, 0.15) is 0 Å². The van der Waals surface area contributed by atoms with Crippen molar-refractivity contribution in [3.63, 3.8) is 0 Å². The van der Waals surface area contributed by atoms with Crippen molar-refractivity contribution < 1.29 is 14.3 Å². The van der Waals surface area contributed by atoms with Gasteiger partial charge in [0.25, 0.3) is 0 Å². The van der Waals surface area contributed by atoms with Gasteiger partial charge in [-0.2, -0.15) is 0 Å². The molecular weight excluding hydrogens is 338 g/mol. The predicted octanol–water partition coefficient (Wildman–Crippen LogP) is 4.67. The Morgan fingerprint density at radius 1 is 1.00 bits per heavy atom. The zero-order chi connectivity index (χ0) is 19.5. The smallest absolute Gasteiger partial charge is 0.246 e. The van der Waals surface area contributed by atoms with Crippen molar-refractivity contribution in [3.8, 4) is 11.5 Å². The van der Waals surface area contributed by atoms with Crippen molar-refractivity contribution in [2.45, 2.75) is 13.3 Å². The lowest BCUT2D eigenvalue weighted by Gasteiger charge is -2.18. The third kappa shape index (κ3) is 6.03. The summed E-state index contributed by atoms with van der Waals surface area (Å²) < 4.78 is 10.7. The average molecular weight is 365 g/mol. The summed E-state index contributed by atoms with van der Waals surface area (Å²) >= 11 is 0. The number of carbonyl (C=O) groups is 1. The summed E-state index contributed by atoms with van der Waals surface area (Å²) in [5, 5.41) is 0. The molecule has 1 amide bonds. The quantitative estimate of drug-likeness (QED) is 0.606. The molecule has 2 aromatic carbocycles. The van der Waals surface area contributed by atoms with Gasteiger partial charge in [0.2, 0.25) is 5.91 Å². The van der Waals surface area contributed by atoms with Gasteiger partial charge < -0.3 is 14.4 Å². The summed E-state index contributed by atoms with van der Waals surface area (Å²) in [6.07, 6.45) is 8.31. The standard InChI is InChI=1S/C23H27NO3/c1-4-17-24(18-9-12-19-10-6-5-7-11-19)22(25)16-15-20-13-8-14-21(26-2)23(20)27-3/h5-16H,4,17-18H2,1-3H3/b12-9+,16-15+. The molecule has 4 heteroatoms. The van der Waals surface area contributed by atoms with Crippen LogP contribution in [0.5, 0.6) is 11.5 Å². The number of amides is 1. The number of benzene rings is 2. The maximum atomic E-state index is 12.6. The summed E-state index contributed by atoms with van der Waals surface area (Å²) in [5.74, 6) is 1.23. The molecule has 0 N–H and O–H groups in total. The van der Waals surface area contributed by atoms with Crippen molar-refractivity contribution in [2.75, 3.05) is 27.3 Å². The first-order valence-electron chi connectivity index (χ1n) is 9.09. The van der Waals surface area contributed by atoms with E-state index in [4.69, 9.17) is 9.47 Å². The second-order valence-corrected chi connectivity index (χ2v) is 6.01. The van der Waals surface area contributed by atoms with Crippen molar-refractivity contribution in [3.05, 3.63) is 71.8 Å². The van der Waals surface area contributed by atoms with Gasteiger partial charge >= 0.3 is 0 Å². The van der Waals surface area contributed by atoms with Gasteiger partial charge in [0.15, 0.2) is 11.5 Å². The van der Waals surface area contributed by atoms with Crippen molar-refractivity contribution in [1.29, 1.82) is 0 Å². The molecule has 142 valence electrons. The molecule has 0 heterocycles. The normalized spacial score (nSPS) is 11.1. The van der Waals surface area contributed by atoms with Crippen LogP contribution in [0.2, 0.25) is 0 Å². The van der Waals surface area contributed by atoms with E-state index in [2.05, 4.69) is 6.92 Å². The Balaban J connectivity index is 2.08. The van der Waals surface area contributed by atoms with Crippen LogP contribution < -0.4 is 9.47 Å². The molecule has 0 atom stereocenters. The fraction of sp³-hybridized carbons (Fsp3) is 0.261. The first-order chi connectivity index (χ1) is 13.2. The van der Waals surface area contributed by atoms with Crippen LogP contribution in [-0.2, 0) is 4.79 Å². The Labute approximate surface area is 161 Å². The minimum atomic E-state index is -0.0283. The van der Waals surface area contributed by atoms with Crippen LogP contribution in [0.3, 0.4) is 0 Å². The molecular formula is C23H27NO3. The molecule has 0 bridgehead atoms. The number of hydrogen-bond donors (Lipinski definition) is 0. The Hall–Kier alpha value is -3.01. The van der Waals surface area contributed by atoms with E-state index in [1.807, 2.05) is 65.6 Å². The largest absolute Gasteiger partial charge is 0.493 e. The molecule has 27 heavy (non-hydrogen) atoms. The van der Waals surface area contributed by atoms with Gasteiger partial charge in [-0.05, 0) is 24.1 Å². The molecule has 0 aromatic heterocycles. The van der Waals surface area contributed by atoms with Crippen LogP contribution in [0.4, 0.5) is 0 Å². The summed E-state index contributed by atoms with van der Waals surface area (Å²) in [6, 6.07) is 15.7. The van der Waals surface area contributed by atoms with Gasteiger partial charge in [-0.25, -0.2) is 0 Å². The van der Waals surface area contributed by atoms with Gasteiger partial charge in [0, 0.05) is 24.7 Å². The van der Waals surface area contributed by atoms with E-state index in [1.54, 1.807) is 26.4 Å². The summed E-state index contributed by atoms with van der Waals surface area (Å²) in [4.78, 5) is 14.5. The molecule has 0 radical (unpaired) electrons. The van der Waals surface area contributed by atoms with Crippen molar-refractivity contribution in [2.24, 2.45) is 0 Å². The van der Waals surface area contributed by atoms with E-state index in [9.17, 15) is 4.79 Å². The van der Waals surface area contributed by atoms with Gasteiger partial charge in [-0.1, -0.05) is 61.5 Å². The van der Waals surface area contributed by atoms with E-state index in [0.717, 1.165) is 17.5 Å². The Morgan fingerprint density at radius 3 is 2.44 bits per heavy atom. The van der Waals surface area contributed by atoms with Crippen LogP contribution in [0.25, 0.3) is 12.2 Å². The number of nitrogens with zero attached hydrogens (tertiary/aromatic N) is 1. The fourth-order valence-electron chi connectivity index (χ4n) is 2.75. The fourth-order valence-corrected chi connectivity index (χ4v) is 2.75. The van der Waals surface area contributed by atoms with Gasteiger partial charge in [-0.3, -0.25) is 4.79 Å². The third-order valence-corrected chi connectivity index (χ3v) is 4.08. The number of methoxy groups -OCH3 is 2. The summed E-state index contributed by atoms with van der Waals surface area (Å²) in [5.41, 5.74) is 1.93. The van der Waals surface area contributed by atoms with Gasteiger partial charge in [-0.15, -0.1) is 0 Å². The first-order valence-corrected chi connectivity index (χ1v) is 9.09. The molecule has 2 rings (SSSR count). The zero-order valence-corrected chi connectivity index (χ0v) is 16.2. The molecule has 0 aliphatic carbocycles. The number of ether oxygens (including phenoxy) is 2. The second-order valence-electron chi connectivity index (χ2n) is 6.01. The zero-order valence-electron chi connectivity index (χ0n) is 16.2. The number of hydrogen-bond acceptors (Lipinski definition) is 3. The third-order valence-electron chi connectivity index (χ3n) is 4.08. The maximum absolute atomic E-state index is 12.6. The second kappa shape index (κ2) is 10.9. The molecule has 0 aliphatic rings. The Morgan fingerprint density at radius 2 is 1.78 bits per heavy atom. The molecule has 4 nitrogen and oxygen atoms in total. The summed E-state index contributed by atoms with van der Waals surface area (Å²) in [6.45, 7) is 3.34. The monoisotopic (exact) mass is 365 g/mol. The van der Waals surface area contributed by atoms with Crippen LogP contribution in [0.1, 0.15) is 24.5 Å². The van der Waals surface area contributed by atoms with Crippen LogP contribution in [-0.4, -0.2) is 38.1 Å². The highest BCUT2D eigenvalue weighted by atomic mass is 16.5. The molecule has 0 spiro atoms. The number of carbonyl (C=O) groups excluding carboxylic acids is 1. The highest BCUT2D eigenvalue weighted by Crippen LogP contribution is 2.31. The topological polar surface area (TPSA) is 38.8 Å². The van der Waals surface area contributed by atoms with E-state index in [1.165, 1.54) is 0 Å². The van der Waals surface area contributed by atoms with Crippen molar-refractivity contribution in [1.82, 2.24) is 4.90 Å². The highest BCUT2D eigenvalue weighted by molar-refractivity contribution is 5.92. The highest BCUT2D eigenvalue weighted by Gasteiger charge is 2.10. The number of para-hydroxylation sites is 1. The van der Waals surface area contributed by atoms with Gasteiger partial charge in [0.05, 0.1) is 14.2 Å². The Kier molecular flexibility index (Phi) is 8.17. The number of rotatable bonds is 9. The van der Waals surface area contributed by atoms with Crippen LogP contribution in [0, 0.1) is 0 Å². The van der Waals surface area contributed by atoms with E-state index < -0.39 is 0 Å². The van der Waals surface area contributed by atoms with Crippen molar-refractivity contribution >= 4 is 18.1 Å². The molecule has 0 unspecified atom stereocenters. The molecule has 0 fully saturated rings. The lowest BCUT2D eigenvalue weighted by molar-refractivity contribution is -0.125. The van der Waals surface area contributed by atoms with E-state index in [0.29, 0.717) is 24.6 Å². The lowest BCUT2D eigenvalue weighted by atomic mass is 10.1. The SMILES string of the molecule is CCCN(C/C=C/c1ccccc1)C(=O)/C=C/c1cccc(OC)c1OC. The summed E-state index contributed by atoms with van der Waals surface area (Å²) in [7, 11) is 3.19. The molecule has 0 aliphatic heterocycles. The minimum absolute atomic E-state index is 0.0283. The van der Waals surface area contributed by atoms with Crippen LogP contribution in [0.15, 0.2) is 60.7 Å². The molecule has 0 saturated heterocycles.